The SMILES string of the molecule is [Cl][Mo]([Cl])([Cl])([Cl])[Cl].[Mo]. The summed E-state index contributed by atoms with van der Waals surface area (Å²) in [5.41, 5.74) is 0. The van der Waals surface area contributed by atoms with Gasteiger partial charge >= 0.3 is 56.7 Å². The Morgan fingerprint density at radius 1 is 0.714 bits per heavy atom. The zero-order valence-electron chi connectivity index (χ0n) is 2.71. The predicted octanol–water partition coefficient (Wildman–Crippen LogP) is 3.44. The van der Waals surface area contributed by atoms with Crippen molar-refractivity contribution in [1.82, 2.24) is 0 Å². The predicted molar refractivity (Wildman–Crippen MR) is 29.3 cm³/mol. The third kappa shape index (κ3) is 51.5. The van der Waals surface area contributed by atoms with Crippen molar-refractivity contribution in [3.8, 4) is 0 Å². The molecule has 0 heterocycles. The summed E-state index contributed by atoms with van der Waals surface area (Å²) in [6, 6.07) is 0. The van der Waals surface area contributed by atoms with Gasteiger partial charge in [0.2, 0.25) is 0 Å². The van der Waals surface area contributed by atoms with Crippen LogP contribution in [0.1, 0.15) is 0 Å². The van der Waals surface area contributed by atoms with Crippen LogP contribution in [0.2, 0.25) is 0 Å². The monoisotopic (exact) mass is 371 g/mol. The maximum Gasteiger partial charge on any atom is 0 e. The molecule has 0 aliphatic carbocycles. The van der Waals surface area contributed by atoms with Crippen molar-refractivity contribution in [2.75, 3.05) is 0 Å². The minimum atomic E-state index is -4.26. The van der Waals surface area contributed by atoms with Crippen molar-refractivity contribution < 1.29 is 30.7 Å². The molecule has 0 spiro atoms. The molecular weight excluding hydrogens is 369 g/mol. The zero-order valence-corrected chi connectivity index (χ0v) is 10.5. The van der Waals surface area contributed by atoms with Crippen molar-refractivity contribution in [2.45, 2.75) is 0 Å². The molecule has 47 valence electrons. The first-order valence-corrected chi connectivity index (χ1v) is 13.7. The minimum absolute atomic E-state index is 0. The molecule has 0 nitrogen and oxygen atoms in total. The Balaban J connectivity index is 0. The van der Waals surface area contributed by atoms with Crippen LogP contribution in [0.5, 0.6) is 0 Å². The summed E-state index contributed by atoms with van der Waals surface area (Å²) in [5.74, 6) is 0. The molecule has 0 unspecified atom stereocenters. The first-order valence-electron chi connectivity index (χ1n) is 0.772. The molecule has 7 heteroatoms. The van der Waals surface area contributed by atoms with Gasteiger partial charge in [-0.05, 0) is 0 Å². The number of rotatable bonds is 0. The maximum atomic E-state index is 5.04. The molecule has 7 heavy (non-hydrogen) atoms. The summed E-state index contributed by atoms with van der Waals surface area (Å²) < 4.78 is 0. The zero-order chi connectivity index (χ0) is 5.45. The standard InChI is InChI=1S/5ClH.2Mo/h5*1H;;/q;;;;;;+5/p-5. The Kier molecular flexibility index (Phi) is 5.87. The minimum Gasteiger partial charge on any atom is 0 e. The summed E-state index contributed by atoms with van der Waals surface area (Å²) in [5, 5.41) is 0. The molecule has 0 aromatic carbocycles. The van der Waals surface area contributed by atoms with Gasteiger partial charge in [0.25, 0.3) is 0 Å². The fourth-order valence-electron chi connectivity index (χ4n) is 0. The van der Waals surface area contributed by atoms with E-state index < -0.39 is 9.60 Å². The second-order valence-electron chi connectivity index (χ2n) is 0.583. The van der Waals surface area contributed by atoms with E-state index in [1.54, 1.807) is 0 Å². The van der Waals surface area contributed by atoms with Crippen molar-refractivity contribution in [3.63, 3.8) is 0 Å². The van der Waals surface area contributed by atoms with Gasteiger partial charge in [-0.1, -0.05) is 0 Å². The van der Waals surface area contributed by atoms with Crippen LogP contribution in [0.25, 0.3) is 0 Å². The van der Waals surface area contributed by atoms with E-state index >= 15 is 0 Å². The smallest absolute Gasteiger partial charge is 0 e. The molecule has 0 fully saturated rings. The quantitative estimate of drug-likeness (QED) is 0.574. The van der Waals surface area contributed by atoms with E-state index in [9.17, 15) is 0 Å². The normalized spacial score (nSPS) is 16.4. The van der Waals surface area contributed by atoms with E-state index in [1.165, 1.54) is 0 Å². The number of hydrogen-bond donors (Lipinski definition) is 0. The average molecular weight is 369 g/mol. The first-order chi connectivity index (χ1) is 2.24. The second-order valence-corrected chi connectivity index (χ2v) is 31.1. The summed E-state index contributed by atoms with van der Waals surface area (Å²) in [7, 11) is 20.9. The van der Waals surface area contributed by atoms with Crippen LogP contribution < -0.4 is 0 Å². The Hall–Kier alpha value is 2.83. The van der Waals surface area contributed by atoms with Crippen LogP contribution in [-0.2, 0) is 30.7 Å². The van der Waals surface area contributed by atoms with Gasteiger partial charge in [0.15, 0.2) is 0 Å². The third-order valence-corrected chi connectivity index (χ3v) is 0. The molecule has 0 bridgehead atoms. The van der Waals surface area contributed by atoms with Crippen molar-refractivity contribution in [1.29, 1.82) is 0 Å². The molecule has 0 aliphatic rings. The van der Waals surface area contributed by atoms with Gasteiger partial charge in [-0.25, -0.2) is 0 Å². The van der Waals surface area contributed by atoms with Gasteiger partial charge in [-0.3, -0.25) is 0 Å². The molecular formula is Cl5Mo2. The molecule has 0 saturated carbocycles. The number of halogens is 5. The largest absolute Gasteiger partial charge is 0 e. The molecule has 0 N–H and O–H groups in total. The fourth-order valence-corrected chi connectivity index (χ4v) is 0. The van der Waals surface area contributed by atoms with E-state index in [-0.39, 0.29) is 21.1 Å². The first kappa shape index (κ1) is 12.5. The molecule has 0 amide bonds. The average Bonchev–Trinajstić information content (AvgIpc) is 0.650. The Morgan fingerprint density at radius 2 is 0.714 bits per heavy atom. The Bertz CT molecular complexity index is 39.3. The van der Waals surface area contributed by atoms with Crippen LogP contribution >= 0.6 is 47.1 Å². The number of hydrogen-bond acceptors (Lipinski definition) is 0. The summed E-state index contributed by atoms with van der Waals surface area (Å²) in [6.07, 6.45) is 0. The van der Waals surface area contributed by atoms with Crippen LogP contribution in [0.15, 0.2) is 0 Å². The van der Waals surface area contributed by atoms with E-state index in [4.69, 9.17) is 47.1 Å². The van der Waals surface area contributed by atoms with Crippen LogP contribution in [0, 0.1) is 0 Å². The molecule has 0 rings (SSSR count). The Morgan fingerprint density at radius 3 is 0.714 bits per heavy atom. The fraction of sp³-hybridized carbons (Fsp3) is 0. The summed E-state index contributed by atoms with van der Waals surface area (Å²) >= 11 is 0. The van der Waals surface area contributed by atoms with Gasteiger partial charge < -0.3 is 0 Å². The van der Waals surface area contributed by atoms with Gasteiger partial charge in [0.05, 0.1) is 0 Å². The van der Waals surface area contributed by atoms with E-state index in [0.717, 1.165) is 0 Å². The topological polar surface area (TPSA) is 0 Å². The molecule has 0 atom stereocenters. The third-order valence-electron chi connectivity index (χ3n) is 0. The van der Waals surface area contributed by atoms with Gasteiger partial charge in [-0.2, -0.15) is 0 Å². The van der Waals surface area contributed by atoms with Gasteiger partial charge in [0.1, 0.15) is 0 Å². The van der Waals surface area contributed by atoms with Crippen molar-refractivity contribution >= 4 is 47.1 Å². The molecule has 0 aliphatic heterocycles. The van der Waals surface area contributed by atoms with Crippen molar-refractivity contribution in [2.24, 2.45) is 0 Å². The van der Waals surface area contributed by atoms with Crippen LogP contribution in [0.4, 0.5) is 0 Å². The van der Waals surface area contributed by atoms with Crippen LogP contribution in [0.3, 0.4) is 0 Å². The van der Waals surface area contributed by atoms with Crippen LogP contribution in [-0.4, -0.2) is 0 Å². The van der Waals surface area contributed by atoms with Gasteiger partial charge in [0, 0.05) is 21.1 Å². The summed E-state index contributed by atoms with van der Waals surface area (Å²) in [4.78, 5) is 0. The van der Waals surface area contributed by atoms with E-state index in [0.29, 0.717) is 0 Å². The van der Waals surface area contributed by atoms with Gasteiger partial charge in [-0.15, -0.1) is 0 Å². The Labute approximate surface area is 76.5 Å². The van der Waals surface area contributed by atoms with E-state index in [2.05, 4.69) is 0 Å². The molecule has 0 aromatic heterocycles. The molecule has 0 saturated heterocycles. The van der Waals surface area contributed by atoms with Crippen molar-refractivity contribution in [3.05, 3.63) is 0 Å². The second kappa shape index (κ2) is 3.29. The molecule has 0 aromatic rings. The summed E-state index contributed by atoms with van der Waals surface area (Å²) in [6.45, 7) is 0. The molecule has 0 radical (unpaired) electrons. The van der Waals surface area contributed by atoms with E-state index in [1.807, 2.05) is 0 Å². The maximum absolute atomic E-state index is 5.04.